The van der Waals surface area contributed by atoms with Crippen LogP contribution in [0.4, 0.5) is 5.82 Å². The molecule has 2 rings (SSSR count). The van der Waals surface area contributed by atoms with E-state index in [4.69, 9.17) is 9.47 Å². The molecule has 0 aromatic carbocycles. The Bertz CT molecular complexity index is 506. The molecule has 6 heteroatoms. The second-order valence-electron chi connectivity index (χ2n) is 5.20. The number of hydrogen-bond acceptors (Lipinski definition) is 5. The number of piperidine rings is 1. The topological polar surface area (TPSA) is 58.4 Å². The van der Waals surface area contributed by atoms with Gasteiger partial charge in [0.05, 0.1) is 5.56 Å². The summed E-state index contributed by atoms with van der Waals surface area (Å²) in [5.41, 5.74) is 0.620. The lowest BCUT2D eigenvalue weighted by molar-refractivity contribution is -0.115. The van der Waals surface area contributed by atoms with Gasteiger partial charge < -0.3 is 14.4 Å². The quantitative estimate of drug-likeness (QED) is 0.761. The average Bonchev–Trinajstić information content (AvgIpc) is 2.53. The fourth-order valence-corrected chi connectivity index (χ4v) is 3.04. The molecule has 5 nitrogen and oxygen atoms in total. The van der Waals surface area contributed by atoms with Crippen LogP contribution in [0.2, 0.25) is 0 Å². The Kier molecular flexibility index (Phi) is 5.97. The van der Waals surface area contributed by atoms with Gasteiger partial charge in [0.15, 0.2) is 6.29 Å². The zero-order valence-corrected chi connectivity index (χ0v) is 14.0. The lowest BCUT2D eigenvalue weighted by Gasteiger charge is -2.34. The molecule has 0 aliphatic carbocycles. The van der Waals surface area contributed by atoms with Crippen LogP contribution < -0.4 is 4.90 Å². The van der Waals surface area contributed by atoms with Crippen molar-refractivity contribution in [2.45, 2.75) is 25.6 Å². The van der Waals surface area contributed by atoms with E-state index >= 15 is 0 Å². The Morgan fingerprint density at radius 1 is 1.43 bits per heavy atom. The van der Waals surface area contributed by atoms with E-state index in [2.05, 4.69) is 31.9 Å². The van der Waals surface area contributed by atoms with Gasteiger partial charge in [-0.25, -0.2) is 4.98 Å². The summed E-state index contributed by atoms with van der Waals surface area (Å²) in [6, 6.07) is 4.04. The van der Waals surface area contributed by atoms with Crippen LogP contribution in [-0.2, 0) is 9.47 Å². The molecule has 0 unspecified atom stereocenters. The Morgan fingerprint density at radius 3 is 2.67 bits per heavy atom. The summed E-state index contributed by atoms with van der Waals surface area (Å²) in [7, 11) is 3.35. The first kappa shape index (κ1) is 16.2. The zero-order chi connectivity index (χ0) is 15.2. The number of hydrogen-bond donors (Lipinski definition) is 0. The zero-order valence-electron chi connectivity index (χ0n) is 12.4. The number of nitrogens with zero attached hydrogens (tertiary/aromatic N) is 3. The van der Waals surface area contributed by atoms with E-state index in [1.165, 1.54) is 0 Å². The monoisotopic (exact) mass is 353 g/mol. The molecule has 1 saturated heterocycles. The van der Waals surface area contributed by atoms with Crippen molar-refractivity contribution in [3.8, 4) is 6.07 Å². The number of nitriles is 1. The van der Waals surface area contributed by atoms with Crippen LogP contribution in [-0.4, -0.2) is 38.6 Å². The predicted molar refractivity (Wildman–Crippen MR) is 84.0 cm³/mol. The van der Waals surface area contributed by atoms with Gasteiger partial charge in [-0.3, -0.25) is 0 Å². The lowest BCUT2D eigenvalue weighted by atomic mass is 9.93. The molecule has 114 valence electrons. The standard InChI is InChI=1S/C15H20BrN3O2/c1-20-14(21-2)7-11-3-5-19(6-4-11)15-12(9-17)8-13(16)10-18-15/h8,10-11,14H,3-7H2,1-2H3. The second kappa shape index (κ2) is 7.74. The van der Waals surface area contributed by atoms with Crippen molar-refractivity contribution in [3.63, 3.8) is 0 Å². The summed E-state index contributed by atoms with van der Waals surface area (Å²) in [4.78, 5) is 6.59. The van der Waals surface area contributed by atoms with Crippen LogP contribution in [0.5, 0.6) is 0 Å². The van der Waals surface area contributed by atoms with E-state index in [1.807, 2.05) is 6.07 Å². The van der Waals surface area contributed by atoms with Crippen molar-refractivity contribution in [2.75, 3.05) is 32.2 Å². The van der Waals surface area contributed by atoms with Crippen molar-refractivity contribution < 1.29 is 9.47 Å². The lowest BCUT2D eigenvalue weighted by Crippen LogP contribution is -2.36. The number of anilines is 1. The SMILES string of the molecule is COC(CC1CCN(c2ncc(Br)cc2C#N)CC1)OC. The number of pyridine rings is 1. The first-order chi connectivity index (χ1) is 10.2. The van der Waals surface area contributed by atoms with Crippen molar-refractivity contribution in [3.05, 3.63) is 22.3 Å². The third kappa shape index (κ3) is 4.16. The summed E-state index contributed by atoms with van der Waals surface area (Å²) < 4.78 is 11.4. The van der Waals surface area contributed by atoms with Crippen molar-refractivity contribution >= 4 is 21.7 Å². The molecule has 0 spiro atoms. The van der Waals surface area contributed by atoms with E-state index < -0.39 is 0 Å². The third-order valence-corrected chi connectivity index (χ3v) is 4.35. The molecular weight excluding hydrogens is 334 g/mol. The molecule has 0 radical (unpaired) electrons. The maximum absolute atomic E-state index is 9.24. The Morgan fingerprint density at radius 2 is 2.10 bits per heavy atom. The molecule has 1 fully saturated rings. The summed E-state index contributed by atoms with van der Waals surface area (Å²) >= 11 is 3.35. The fourth-order valence-electron chi connectivity index (χ4n) is 2.71. The first-order valence-electron chi connectivity index (χ1n) is 7.04. The van der Waals surface area contributed by atoms with Gasteiger partial charge in [-0.2, -0.15) is 5.26 Å². The minimum absolute atomic E-state index is 0.123. The van der Waals surface area contributed by atoms with Gasteiger partial charge in [0.1, 0.15) is 11.9 Å². The van der Waals surface area contributed by atoms with Crippen molar-refractivity contribution in [2.24, 2.45) is 5.92 Å². The van der Waals surface area contributed by atoms with Crippen LogP contribution in [0, 0.1) is 17.2 Å². The molecule has 2 heterocycles. The summed E-state index contributed by atoms with van der Waals surface area (Å²) in [5.74, 6) is 1.38. The number of rotatable bonds is 5. The predicted octanol–water partition coefficient (Wildman–Crippen LogP) is 2.94. The van der Waals surface area contributed by atoms with Gasteiger partial charge in [-0.05, 0) is 40.8 Å². The Labute approximate surface area is 134 Å². The normalized spacial score (nSPS) is 16.2. The van der Waals surface area contributed by atoms with Gasteiger partial charge >= 0.3 is 0 Å². The van der Waals surface area contributed by atoms with E-state index in [9.17, 15) is 5.26 Å². The molecule has 21 heavy (non-hydrogen) atoms. The highest BCUT2D eigenvalue weighted by molar-refractivity contribution is 9.10. The average molecular weight is 354 g/mol. The van der Waals surface area contributed by atoms with E-state index in [0.717, 1.165) is 42.6 Å². The van der Waals surface area contributed by atoms with E-state index in [1.54, 1.807) is 20.4 Å². The van der Waals surface area contributed by atoms with Gasteiger partial charge in [-0.15, -0.1) is 0 Å². The molecule has 0 bridgehead atoms. The Hall–Kier alpha value is -1.16. The summed E-state index contributed by atoms with van der Waals surface area (Å²) in [5, 5.41) is 9.24. The maximum atomic E-state index is 9.24. The molecule has 0 N–H and O–H groups in total. The van der Waals surface area contributed by atoms with Crippen LogP contribution in [0.3, 0.4) is 0 Å². The highest BCUT2D eigenvalue weighted by Gasteiger charge is 2.24. The van der Waals surface area contributed by atoms with Crippen LogP contribution in [0.15, 0.2) is 16.7 Å². The summed E-state index contributed by atoms with van der Waals surface area (Å²) in [6.45, 7) is 1.82. The molecular formula is C15H20BrN3O2. The minimum Gasteiger partial charge on any atom is -0.356 e. The molecule has 0 atom stereocenters. The van der Waals surface area contributed by atoms with Gasteiger partial charge in [0, 0.05) is 44.4 Å². The molecule has 1 aromatic rings. The third-order valence-electron chi connectivity index (χ3n) is 3.92. The first-order valence-corrected chi connectivity index (χ1v) is 7.83. The highest BCUT2D eigenvalue weighted by Crippen LogP contribution is 2.28. The number of methoxy groups -OCH3 is 2. The van der Waals surface area contributed by atoms with E-state index in [-0.39, 0.29) is 6.29 Å². The maximum Gasteiger partial charge on any atom is 0.157 e. The number of aromatic nitrogens is 1. The van der Waals surface area contributed by atoms with Gasteiger partial charge in [0.2, 0.25) is 0 Å². The number of halogens is 1. The van der Waals surface area contributed by atoms with Gasteiger partial charge in [0.25, 0.3) is 0 Å². The van der Waals surface area contributed by atoms with Crippen molar-refractivity contribution in [1.82, 2.24) is 4.98 Å². The van der Waals surface area contributed by atoms with Gasteiger partial charge in [-0.1, -0.05) is 0 Å². The smallest absolute Gasteiger partial charge is 0.157 e. The minimum atomic E-state index is -0.123. The fraction of sp³-hybridized carbons (Fsp3) is 0.600. The number of ether oxygens (including phenoxy) is 2. The van der Waals surface area contributed by atoms with E-state index in [0.29, 0.717) is 11.5 Å². The van der Waals surface area contributed by atoms with Crippen molar-refractivity contribution in [1.29, 1.82) is 5.26 Å². The largest absolute Gasteiger partial charge is 0.356 e. The molecule has 1 aromatic heterocycles. The Balaban J connectivity index is 1.97. The van der Waals surface area contributed by atoms with Crippen LogP contribution in [0.25, 0.3) is 0 Å². The molecule has 0 amide bonds. The van der Waals surface area contributed by atoms with Crippen LogP contribution >= 0.6 is 15.9 Å². The molecule has 0 saturated carbocycles. The summed E-state index contributed by atoms with van der Waals surface area (Å²) in [6.07, 6.45) is 4.66. The highest BCUT2D eigenvalue weighted by atomic mass is 79.9. The second-order valence-corrected chi connectivity index (χ2v) is 6.12. The molecule has 1 aliphatic rings. The van der Waals surface area contributed by atoms with Crippen LogP contribution in [0.1, 0.15) is 24.8 Å². The molecule has 1 aliphatic heterocycles.